The van der Waals surface area contributed by atoms with Crippen LogP contribution in [0.2, 0.25) is 0 Å². The maximum Gasteiger partial charge on any atom is 0.244 e. The summed E-state index contributed by atoms with van der Waals surface area (Å²) in [4.78, 5) is 0.273. The van der Waals surface area contributed by atoms with Gasteiger partial charge in [0.25, 0.3) is 0 Å². The average molecular weight is 314 g/mol. The molecule has 120 valence electrons. The number of rotatable bonds is 7. The van der Waals surface area contributed by atoms with Crippen molar-refractivity contribution in [3.05, 3.63) is 17.6 Å². The van der Waals surface area contributed by atoms with Crippen LogP contribution in [0.4, 0.5) is 0 Å². The highest BCUT2D eigenvalue weighted by Gasteiger charge is 2.28. The second-order valence-electron chi connectivity index (χ2n) is 6.05. The predicted octanol–water partition coefficient (Wildman–Crippen LogP) is 2.55. The summed E-state index contributed by atoms with van der Waals surface area (Å²) in [5, 5.41) is 3.21. The number of hydrogen-bond donors (Lipinski definition) is 2. The Balaban J connectivity index is 2.05. The van der Waals surface area contributed by atoms with Crippen LogP contribution in [0.5, 0.6) is 0 Å². The summed E-state index contributed by atoms with van der Waals surface area (Å²) in [6.45, 7) is 7.40. The standard InChI is InChI=1S/C15H26N2O3S/c1-4-7-16-10-14-9-15(12(3)20-14)21(18,19)17-13-6-5-11(2)8-13/h9,11,13,16-17H,4-8,10H2,1-3H3. The van der Waals surface area contributed by atoms with Gasteiger partial charge in [0.1, 0.15) is 16.4 Å². The molecule has 0 spiro atoms. The van der Waals surface area contributed by atoms with E-state index < -0.39 is 10.0 Å². The van der Waals surface area contributed by atoms with Gasteiger partial charge in [0.15, 0.2) is 0 Å². The van der Waals surface area contributed by atoms with Gasteiger partial charge in [-0.05, 0) is 45.1 Å². The molecule has 0 radical (unpaired) electrons. The number of nitrogens with one attached hydrogen (secondary N) is 2. The van der Waals surface area contributed by atoms with Gasteiger partial charge in [0.2, 0.25) is 10.0 Å². The molecule has 2 unspecified atom stereocenters. The highest BCUT2D eigenvalue weighted by atomic mass is 32.2. The third-order valence-electron chi connectivity index (χ3n) is 3.96. The highest BCUT2D eigenvalue weighted by molar-refractivity contribution is 7.89. The van der Waals surface area contributed by atoms with Crippen LogP contribution in [-0.2, 0) is 16.6 Å². The first-order valence-corrected chi connectivity index (χ1v) is 9.23. The zero-order valence-corrected chi connectivity index (χ0v) is 13.9. The van der Waals surface area contributed by atoms with Gasteiger partial charge in [-0.15, -0.1) is 0 Å². The average Bonchev–Trinajstić information content (AvgIpc) is 2.96. The molecule has 0 bridgehead atoms. The lowest BCUT2D eigenvalue weighted by molar-refractivity contribution is 0.456. The predicted molar refractivity (Wildman–Crippen MR) is 82.6 cm³/mol. The lowest BCUT2D eigenvalue weighted by atomic mass is 10.1. The molecule has 21 heavy (non-hydrogen) atoms. The van der Waals surface area contributed by atoms with Crippen molar-refractivity contribution in [3.8, 4) is 0 Å². The quantitative estimate of drug-likeness (QED) is 0.759. The zero-order valence-electron chi connectivity index (χ0n) is 13.1. The molecule has 1 aromatic heterocycles. The fourth-order valence-corrected chi connectivity index (χ4v) is 4.35. The molecule has 1 aromatic rings. The minimum Gasteiger partial charge on any atom is -0.464 e. The molecule has 5 nitrogen and oxygen atoms in total. The van der Waals surface area contributed by atoms with Gasteiger partial charge in [-0.25, -0.2) is 13.1 Å². The van der Waals surface area contributed by atoms with Crippen molar-refractivity contribution in [2.24, 2.45) is 5.92 Å². The number of aryl methyl sites for hydroxylation is 1. The molecule has 0 amide bonds. The first kappa shape index (κ1) is 16.5. The summed E-state index contributed by atoms with van der Waals surface area (Å²) in [5.41, 5.74) is 0. The smallest absolute Gasteiger partial charge is 0.244 e. The molecular weight excluding hydrogens is 288 g/mol. The van der Waals surface area contributed by atoms with E-state index in [1.54, 1.807) is 13.0 Å². The fourth-order valence-electron chi connectivity index (χ4n) is 2.86. The van der Waals surface area contributed by atoms with E-state index in [-0.39, 0.29) is 10.9 Å². The Morgan fingerprint density at radius 3 is 2.76 bits per heavy atom. The van der Waals surface area contributed by atoms with Crippen LogP contribution in [0.3, 0.4) is 0 Å². The van der Waals surface area contributed by atoms with Gasteiger partial charge in [-0.2, -0.15) is 0 Å². The maximum atomic E-state index is 12.5. The topological polar surface area (TPSA) is 71.3 Å². The van der Waals surface area contributed by atoms with Crippen LogP contribution in [0.15, 0.2) is 15.4 Å². The SMILES string of the molecule is CCCNCc1cc(S(=O)(=O)NC2CCC(C)C2)c(C)o1. The molecule has 2 rings (SSSR count). The van der Waals surface area contributed by atoms with Crippen LogP contribution in [0.1, 0.15) is 51.1 Å². The molecule has 1 fully saturated rings. The minimum absolute atomic E-state index is 0.0565. The molecule has 0 saturated heterocycles. The van der Waals surface area contributed by atoms with Crippen LogP contribution in [0.25, 0.3) is 0 Å². The Kier molecular flexibility index (Phi) is 5.46. The van der Waals surface area contributed by atoms with E-state index in [0.717, 1.165) is 32.2 Å². The van der Waals surface area contributed by atoms with Crippen LogP contribution in [0, 0.1) is 12.8 Å². The Bertz CT molecular complexity index is 565. The summed E-state index contributed by atoms with van der Waals surface area (Å²) in [5.74, 6) is 1.72. The normalized spacial score (nSPS) is 22.8. The van der Waals surface area contributed by atoms with E-state index in [1.165, 1.54) is 0 Å². The number of hydrogen-bond acceptors (Lipinski definition) is 4. The first-order chi connectivity index (χ1) is 9.92. The molecule has 0 aliphatic heterocycles. The summed E-state index contributed by atoms with van der Waals surface area (Å²) in [6.07, 6.45) is 3.96. The van der Waals surface area contributed by atoms with Gasteiger partial charge < -0.3 is 9.73 Å². The van der Waals surface area contributed by atoms with E-state index in [4.69, 9.17) is 4.42 Å². The third kappa shape index (κ3) is 4.31. The van der Waals surface area contributed by atoms with Gasteiger partial charge in [0.05, 0.1) is 6.54 Å². The zero-order chi connectivity index (χ0) is 15.5. The minimum atomic E-state index is -3.48. The van der Waals surface area contributed by atoms with Crippen molar-refractivity contribution in [2.45, 2.75) is 63.9 Å². The van der Waals surface area contributed by atoms with Crippen molar-refractivity contribution in [1.82, 2.24) is 10.0 Å². The van der Waals surface area contributed by atoms with E-state index in [1.807, 2.05) is 0 Å². The largest absolute Gasteiger partial charge is 0.464 e. The second-order valence-corrected chi connectivity index (χ2v) is 7.73. The van der Waals surface area contributed by atoms with Crippen LogP contribution < -0.4 is 10.0 Å². The molecule has 2 N–H and O–H groups in total. The third-order valence-corrected chi connectivity index (χ3v) is 5.58. The number of furan rings is 1. The first-order valence-electron chi connectivity index (χ1n) is 7.74. The lowest BCUT2D eigenvalue weighted by Crippen LogP contribution is -2.33. The molecule has 0 aromatic carbocycles. The lowest BCUT2D eigenvalue weighted by Gasteiger charge is -2.12. The highest BCUT2D eigenvalue weighted by Crippen LogP contribution is 2.27. The van der Waals surface area contributed by atoms with E-state index >= 15 is 0 Å². The van der Waals surface area contributed by atoms with E-state index in [9.17, 15) is 8.42 Å². The Morgan fingerprint density at radius 1 is 1.38 bits per heavy atom. The maximum absolute atomic E-state index is 12.5. The number of sulfonamides is 1. The molecule has 1 saturated carbocycles. The molecule has 2 atom stereocenters. The molecule has 1 aliphatic carbocycles. The monoisotopic (exact) mass is 314 g/mol. The van der Waals surface area contributed by atoms with Crippen molar-refractivity contribution < 1.29 is 12.8 Å². The van der Waals surface area contributed by atoms with Crippen molar-refractivity contribution >= 4 is 10.0 Å². The molecule has 1 aliphatic rings. The fraction of sp³-hybridized carbons (Fsp3) is 0.733. The Labute approximate surface area is 127 Å². The summed E-state index contributed by atoms with van der Waals surface area (Å²) in [6, 6.07) is 1.69. The van der Waals surface area contributed by atoms with Crippen molar-refractivity contribution in [1.29, 1.82) is 0 Å². The molecule has 1 heterocycles. The van der Waals surface area contributed by atoms with E-state index in [0.29, 0.717) is 24.0 Å². The van der Waals surface area contributed by atoms with Crippen LogP contribution in [-0.4, -0.2) is 21.0 Å². The van der Waals surface area contributed by atoms with E-state index in [2.05, 4.69) is 23.9 Å². The molecular formula is C15H26N2O3S. The van der Waals surface area contributed by atoms with Crippen LogP contribution >= 0.6 is 0 Å². The Hall–Kier alpha value is -0.850. The summed E-state index contributed by atoms with van der Waals surface area (Å²) in [7, 11) is -3.48. The van der Waals surface area contributed by atoms with Gasteiger partial charge in [-0.1, -0.05) is 13.8 Å². The van der Waals surface area contributed by atoms with Crippen molar-refractivity contribution in [3.63, 3.8) is 0 Å². The van der Waals surface area contributed by atoms with Gasteiger partial charge >= 0.3 is 0 Å². The molecule has 6 heteroatoms. The summed E-state index contributed by atoms with van der Waals surface area (Å²) >= 11 is 0. The Morgan fingerprint density at radius 2 is 2.14 bits per heavy atom. The second kappa shape index (κ2) is 6.94. The van der Waals surface area contributed by atoms with Crippen molar-refractivity contribution in [2.75, 3.05) is 6.54 Å². The summed E-state index contributed by atoms with van der Waals surface area (Å²) < 4.78 is 33.3. The van der Waals surface area contributed by atoms with Gasteiger partial charge in [0, 0.05) is 12.1 Å². The van der Waals surface area contributed by atoms with Gasteiger partial charge in [-0.3, -0.25) is 0 Å².